The first-order chi connectivity index (χ1) is 9.60. The Morgan fingerprint density at radius 1 is 1.40 bits per heavy atom. The van der Waals surface area contributed by atoms with Gasteiger partial charge in [0.05, 0.1) is 5.69 Å². The van der Waals surface area contributed by atoms with Gasteiger partial charge in [-0.05, 0) is 24.6 Å². The van der Waals surface area contributed by atoms with Crippen molar-refractivity contribution in [2.75, 3.05) is 5.32 Å². The number of pyridine rings is 2. The maximum atomic E-state index is 12.0. The summed E-state index contributed by atoms with van der Waals surface area (Å²) in [4.78, 5) is 27.5. The van der Waals surface area contributed by atoms with Crippen molar-refractivity contribution in [3.63, 3.8) is 0 Å². The minimum Gasteiger partial charge on any atom is -0.319 e. The molecule has 0 bridgehead atoms. The second-order valence-corrected chi connectivity index (χ2v) is 4.70. The van der Waals surface area contributed by atoms with Gasteiger partial charge in [0, 0.05) is 30.0 Å². The van der Waals surface area contributed by atoms with Crippen molar-refractivity contribution in [3.8, 4) is 0 Å². The summed E-state index contributed by atoms with van der Waals surface area (Å²) >= 11 is 5.81. The summed E-state index contributed by atoms with van der Waals surface area (Å²) in [5, 5.41) is 3.14. The summed E-state index contributed by atoms with van der Waals surface area (Å²) in [5.41, 5.74) is 0.682. The summed E-state index contributed by atoms with van der Waals surface area (Å²) in [7, 11) is 0. The largest absolute Gasteiger partial charge is 0.319 e. The topological polar surface area (TPSA) is 64.0 Å². The summed E-state index contributed by atoms with van der Waals surface area (Å²) in [5.74, 6) is -0.366. The number of halogens is 1. The summed E-state index contributed by atoms with van der Waals surface area (Å²) in [6.45, 7) is 2.59. The molecule has 0 unspecified atom stereocenters. The van der Waals surface area contributed by atoms with Crippen molar-refractivity contribution in [1.82, 2.24) is 9.55 Å². The highest BCUT2D eigenvalue weighted by molar-refractivity contribution is 6.30. The Morgan fingerprint density at radius 2 is 2.20 bits per heavy atom. The number of nitrogens with zero attached hydrogens (tertiary/aromatic N) is 2. The van der Waals surface area contributed by atoms with E-state index in [1.165, 1.54) is 18.3 Å². The molecule has 0 aliphatic heterocycles. The second kappa shape index (κ2) is 6.34. The van der Waals surface area contributed by atoms with E-state index in [9.17, 15) is 9.59 Å². The van der Waals surface area contributed by atoms with Crippen LogP contribution in [0.3, 0.4) is 0 Å². The van der Waals surface area contributed by atoms with E-state index in [1.807, 2.05) is 6.92 Å². The number of amides is 1. The number of hydrogen-bond donors (Lipinski definition) is 1. The number of hydrogen-bond acceptors (Lipinski definition) is 3. The van der Waals surface area contributed by atoms with E-state index in [-0.39, 0.29) is 17.2 Å². The van der Waals surface area contributed by atoms with Gasteiger partial charge in [-0.15, -0.1) is 0 Å². The quantitative estimate of drug-likeness (QED) is 0.941. The van der Waals surface area contributed by atoms with Gasteiger partial charge in [0.15, 0.2) is 0 Å². The van der Waals surface area contributed by atoms with Crippen molar-refractivity contribution in [2.45, 2.75) is 19.9 Å². The number of aromatic nitrogens is 2. The molecule has 1 N–H and O–H groups in total. The molecule has 0 saturated heterocycles. The normalized spacial score (nSPS) is 10.3. The molecule has 2 heterocycles. The number of aryl methyl sites for hydroxylation is 1. The third kappa shape index (κ3) is 3.45. The van der Waals surface area contributed by atoms with Crippen molar-refractivity contribution < 1.29 is 4.79 Å². The molecule has 2 aromatic heterocycles. The van der Waals surface area contributed by atoms with E-state index in [1.54, 1.807) is 22.9 Å². The van der Waals surface area contributed by atoms with Crippen molar-refractivity contribution in [1.29, 1.82) is 0 Å². The molecule has 6 heteroatoms. The van der Waals surface area contributed by atoms with Crippen molar-refractivity contribution >= 4 is 23.2 Å². The van der Waals surface area contributed by atoms with Crippen LogP contribution in [0.5, 0.6) is 0 Å². The van der Waals surface area contributed by atoms with Gasteiger partial charge < -0.3 is 9.88 Å². The van der Waals surface area contributed by atoms with E-state index < -0.39 is 0 Å². The van der Waals surface area contributed by atoms with Gasteiger partial charge in [-0.2, -0.15) is 0 Å². The van der Waals surface area contributed by atoms with Crippen LogP contribution in [-0.4, -0.2) is 15.5 Å². The van der Waals surface area contributed by atoms with E-state index in [2.05, 4.69) is 10.3 Å². The van der Waals surface area contributed by atoms with Crippen LogP contribution in [-0.2, 0) is 6.54 Å². The van der Waals surface area contributed by atoms with Gasteiger partial charge in [0.2, 0.25) is 0 Å². The monoisotopic (exact) mass is 291 g/mol. The second-order valence-electron chi connectivity index (χ2n) is 4.26. The fraction of sp³-hybridized carbons (Fsp3) is 0.214. The van der Waals surface area contributed by atoms with Crippen LogP contribution < -0.4 is 10.9 Å². The molecular weight excluding hydrogens is 278 g/mol. The standard InChI is InChI=1S/C14H14ClN3O2/c1-2-7-18-9-11(3-4-13(18)19)17-14(20)12-8-10(15)5-6-16-12/h3-6,8-9H,2,7H2,1H3,(H,17,20). The Kier molecular flexibility index (Phi) is 4.53. The number of carbonyl (C=O) groups is 1. The zero-order valence-electron chi connectivity index (χ0n) is 11.0. The Bertz CT molecular complexity index is 682. The van der Waals surface area contributed by atoms with Gasteiger partial charge in [0.1, 0.15) is 5.69 Å². The first-order valence-electron chi connectivity index (χ1n) is 6.23. The molecule has 0 fully saturated rings. The first kappa shape index (κ1) is 14.3. The molecule has 2 aromatic rings. The predicted molar refractivity (Wildman–Crippen MR) is 78.2 cm³/mol. The van der Waals surface area contributed by atoms with Crippen LogP contribution in [0, 0.1) is 0 Å². The van der Waals surface area contributed by atoms with Gasteiger partial charge in [-0.25, -0.2) is 0 Å². The van der Waals surface area contributed by atoms with Crippen LogP contribution >= 0.6 is 11.6 Å². The lowest BCUT2D eigenvalue weighted by Crippen LogP contribution is -2.20. The Hall–Kier alpha value is -2.14. The summed E-state index contributed by atoms with van der Waals surface area (Å²) in [6, 6.07) is 6.08. The molecular formula is C14H14ClN3O2. The van der Waals surface area contributed by atoms with Gasteiger partial charge in [-0.3, -0.25) is 14.6 Å². The highest BCUT2D eigenvalue weighted by Crippen LogP contribution is 2.10. The van der Waals surface area contributed by atoms with E-state index >= 15 is 0 Å². The molecule has 0 saturated carbocycles. The summed E-state index contributed by atoms with van der Waals surface area (Å²) < 4.78 is 1.56. The SMILES string of the molecule is CCCn1cc(NC(=O)c2cc(Cl)ccn2)ccc1=O. The maximum absolute atomic E-state index is 12.0. The Morgan fingerprint density at radius 3 is 2.90 bits per heavy atom. The van der Waals surface area contributed by atoms with Gasteiger partial charge in [0.25, 0.3) is 11.5 Å². The lowest BCUT2D eigenvalue weighted by atomic mass is 10.3. The van der Waals surface area contributed by atoms with Gasteiger partial charge in [-0.1, -0.05) is 18.5 Å². The molecule has 0 radical (unpaired) electrons. The van der Waals surface area contributed by atoms with Crippen LogP contribution in [0.25, 0.3) is 0 Å². The molecule has 1 amide bonds. The Balaban J connectivity index is 2.19. The van der Waals surface area contributed by atoms with Crippen molar-refractivity contribution in [2.24, 2.45) is 0 Å². The Labute approximate surface area is 121 Å². The average Bonchev–Trinajstić information content (AvgIpc) is 2.43. The molecule has 0 spiro atoms. The molecule has 5 nitrogen and oxygen atoms in total. The first-order valence-corrected chi connectivity index (χ1v) is 6.61. The van der Waals surface area contributed by atoms with Crippen LogP contribution in [0.4, 0.5) is 5.69 Å². The van der Waals surface area contributed by atoms with Gasteiger partial charge >= 0.3 is 0 Å². The van der Waals surface area contributed by atoms with Crippen LogP contribution in [0.15, 0.2) is 41.5 Å². The highest BCUT2D eigenvalue weighted by Gasteiger charge is 2.08. The zero-order chi connectivity index (χ0) is 14.5. The summed E-state index contributed by atoms with van der Waals surface area (Å²) in [6.07, 6.45) is 3.93. The van der Waals surface area contributed by atoms with Crippen LogP contribution in [0.1, 0.15) is 23.8 Å². The number of carbonyl (C=O) groups excluding carboxylic acids is 1. The highest BCUT2D eigenvalue weighted by atomic mass is 35.5. The molecule has 20 heavy (non-hydrogen) atoms. The zero-order valence-corrected chi connectivity index (χ0v) is 11.7. The molecule has 0 aromatic carbocycles. The van der Waals surface area contributed by atoms with E-state index in [4.69, 9.17) is 11.6 Å². The predicted octanol–water partition coefficient (Wildman–Crippen LogP) is 2.56. The number of rotatable bonds is 4. The maximum Gasteiger partial charge on any atom is 0.274 e. The molecule has 0 atom stereocenters. The third-order valence-electron chi connectivity index (χ3n) is 2.66. The molecule has 2 rings (SSSR count). The minimum absolute atomic E-state index is 0.0919. The lowest BCUT2D eigenvalue weighted by Gasteiger charge is -2.08. The smallest absolute Gasteiger partial charge is 0.274 e. The minimum atomic E-state index is -0.366. The number of nitrogens with one attached hydrogen (secondary N) is 1. The molecule has 0 aliphatic carbocycles. The van der Waals surface area contributed by atoms with E-state index in [0.29, 0.717) is 17.3 Å². The third-order valence-corrected chi connectivity index (χ3v) is 2.90. The van der Waals surface area contributed by atoms with E-state index in [0.717, 1.165) is 6.42 Å². The van der Waals surface area contributed by atoms with Crippen LogP contribution in [0.2, 0.25) is 5.02 Å². The molecule has 0 aliphatic rings. The fourth-order valence-electron chi connectivity index (χ4n) is 1.75. The lowest BCUT2D eigenvalue weighted by molar-refractivity contribution is 0.102. The molecule has 104 valence electrons. The van der Waals surface area contributed by atoms with Crippen molar-refractivity contribution in [3.05, 3.63) is 57.7 Å². The average molecular weight is 292 g/mol. The fourth-order valence-corrected chi connectivity index (χ4v) is 1.90. The number of anilines is 1.